The van der Waals surface area contributed by atoms with Crippen LogP contribution in [0.3, 0.4) is 0 Å². The van der Waals surface area contributed by atoms with Gasteiger partial charge < -0.3 is 9.68 Å². The van der Waals surface area contributed by atoms with Crippen LogP contribution in [0.5, 0.6) is 0 Å². The normalized spacial score (nSPS) is 14.3. The molecule has 1 heterocycles. The van der Waals surface area contributed by atoms with E-state index in [9.17, 15) is 19.0 Å². The third-order valence-corrected chi connectivity index (χ3v) is 5.32. The minimum atomic E-state index is -1.41. The average molecular weight is 412 g/mol. The Hall–Kier alpha value is -2.71. The van der Waals surface area contributed by atoms with Gasteiger partial charge >= 0.3 is 7.12 Å². The van der Waals surface area contributed by atoms with E-state index in [2.05, 4.69) is 5.43 Å². The predicted molar refractivity (Wildman–Crippen MR) is 112 cm³/mol. The second-order valence-electron chi connectivity index (χ2n) is 8.44. The number of fused-ring (bicyclic) bond motifs is 1. The van der Waals surface area contributed by atoms with Crippen LogP contribution in [0.4, 0.5) is 4.39 Å². The first-order chi connectivity index (χ1) is 14.1. The molecule has 2 N–H and O–H groups in total. The summed E-state index contributed by atoms with van der Waals surface area (Å²) >= 11 is 0. The monoisotopic (exact) mass is 412 g/mol. The van der Waals surface area contributed by atoms with Gasteiger partial charge in [-0.15, -0.1) is 0 Å². The molecular formula is C22H26BFN2O4. The Morgan fingerprint density at radius 3 is 2.50 bits per heavy atom. The molecule has 0 fully saturated rings. The molecule has 0 unspecified atom stereocenters. The van der Waals surface area contributed by atoms with Crippen LogP contribution >= 0.6 is 0 Å². The highest BCUT2D eigenvalue weighted by atomic mass is 19.1. The molecular weight excluding hydrogens is 386 g/mol. The zero-order valence-electron chi connectivity index (χ0n) is 17.6. The number of benzene rings is 2. The SMILES string of the molecule is CC[C@@H](N(NC(=O)c1ccc2c(c1F)B(O)OC2)C(=O)c1ccccc1)C(C)(C)C. The molecule has 0 aliphatic carbocycles. The lowest BCUT2D eigenvalue weighted by Gasteiger charge is -2.39. The van der Waals surface area contributed by atoms with Gasteiger partial charge in [0, 0.05) is 11.0 Å². The summed E-state index contributed by atoms with van der Waals surface area (Å²) in [6.07, 6.45) is 0.585. The fourth-order valence-corrected chi connectivity index (χ4v) is 3.80. The number of hydrogen-bond acceptors (Lipinski definition) is 4. The first kappa shape index (κ1) is 22.0. The molecule has 8 heteroatoms. The maximum atomic E-state index is 15.0. The summed E-state index contributed by atoms with van der Waals surface area (Å²) in [7, 11) is -1.41. The largest absolute Gasteiger partial charge is 0.494 e. The van der Waals surface area contributed by atoms with Gasteiger partial charge in [-0.25, -0.2) is 9.40 Å². The van der Waals surface area contributed by atoms with E-state index in [0.29, 0.717) is 17.5 Å². The van der Waals surface area contributed by atoms with E-state index in [1.807, 2.05) is 27.7 Å². The fourth-order valence-electron chi connectivity index (χ4n) is 3.80. The van der Waals surface area contributed by atoms with Gasteiger partial charge in [-0.3, -0.25) is 15.0 Å². The molecule has 2 aromatic carbocycles. The predicted octanol–water partition coefficient (Wildman–Crippen LogP) is 2.66. The Balaban J connectivity index is 1.96. The first-order valence-electron chi connectivity index (χ1n) is 9.95. The van der Waals surface area contributed by atoms with Gasteiger partial charge in [0.05, 0.1) is 18.2 Å². The topological polar surface area (TPSA) is 78.9 Å². The Labute approximate surface area is 176 Å². The molecule has 3 rings (SSSR count). The lowest BCUT2D eigenvalue weighted by molar-refractivity contribution is 0.0283. The molecule has 158 valence electrons. The van der Waals surface area contributed by atoms with Gasteiger partial charge in [0.15, 0.2) is 0 Å². The highest BCUT2D eigenvalue weighted by Gasteiger charge is 2.36. The maximum Gasteiger partial charge on any atom is 0.494 e. The molecule has 2 amide bonds. The number of hydrogen-bond donors (Lipinski definition) is 2. The number of rotatable bonds is 4. The van der Waals surface area contributed by atoms with Gasteiger partial charge in [0.25, 0.3) is 11.8 Å². The van der Waals surface area contributed by atoms with Crippen LogP contribution in [0.25, 0.3) is 0 Å². The van der Waals surface area contributed by atoms with Crippen molar-refractivity contribution in [3.63, 3.8) is 0 Å². The smallest absolute Gasteiger partial charge is 0.423 e. The van der Waals surface area contributed by atoms with E-state index < -0.39 is 18.8 Å². The summed E-state index contributed by atoms with van der Waals surface area (Å²) < 4.78 is 20.0. The van der Waals surface area contributed by atoms with Crippen molar-refractivity contribution in [1.29, 1.82) is 0 Å². The first-order valence-corrected chi connectivity index (χ1v) is 9.95. The molecule has 0 spiro atoms. The minimum absolute atomic E-state index is 0.0357. The second-order valence-corrected chi connectivity index (χ2v) is 8.44. The molecule has 6 nitrogen and oxygen atoms in total. The quantitative estimate of drug-likeness (QED) is 0.598. The molecule has 0 saturated carbocycles. The van der Waals surface area contributed by atoms with Crippen LogP contribution in [0.1, 0.15) is 60.4 Å². The standard InChI is InChI=1S/C22H26BFN2O4/c1-5-17(22(2,3)4)26(21(28)14-9-7-6-8-10-14)25-20(27)16-12-11-15-13-30-23(29)18(15)19(16)24/h6-12,17,29H,5,13H2,1-4H3,(H,25,27)/t17-/m1/s1. The van der Waals surface area contributed by atoms with Crippen LogP contribution in [0, 0.1) is 11.2 Å². The molecule has 0 radical (unpaired) electrons. The lowest BCUT2D eigenvalue weighted by atomic mass is 9.78. The van der Waals surface area contributed by atoms with E-state index in [1.54, 1.807) is 36.4 Å². The van der Waals surface area contributed by atoms with Crippen molar-refractivity contribution in [1.82, 2.24) is 10.4 Å². The number of nitrogens with one attached hydrogen (secondary N) is 1. The molecule has 0 bridgehead atoms. The molecule has 30 heavy (non-hydrogen) atoms. The highest BCUT2D eigenvalue weighted by molar-refractivity contribution is 6.61. The van der Waals surface area contributed by atoms with Gasteiger partial charge in [-0.1, -0.05) is 52.0 Å². The summed E-state index contributed by atoms with van der Waals surface area (Å²) in [5.41, 5.74) is 2.90. The van der Waals surface area contributed by atoms with E-state index in [0.717, 1.165) is 0 Å². The van der Waals surface area contributed by atoms with E-state index >= 15 is 0 Å². The minimum Gasteiger partial charge on any atom is -0.423 e. The van der Waals surface area contributed by atoms with Crippen LogP contribution < -0.4 is 10.9 Å². The molecule has 0 saturated heterocycles. The van der Waals surface area contributed by atoms with Gasteiger partial charge in [0.2, 0.25) is 0 Å². The van der Waals surface area contributed by atoms with Crippen molar-refractivity contribution >= 4 is 24.4 Å². The Morgan fingerprint density at radius 2 is 1.90 bits per heavy atom. The van der Waals surface area contributed by atoms with Crippen LogP contribution in [-0.2, 0) is 11.3 Å². The summed E-state index contributed by atoms with van der Waals surface area (Å²) in [6.45, 7) is 7.93. The number of amides is 2. The van der Waals surface area contributed by atoms with Crippen molar-refractivity contribution in [3.8, 4) is 0 Å². The Kier molecular flexibility index (Phi) is 6.29. The number of carbonyl (C=O) groups is 2. The van der Waals surface area contributed by atoms with Crippen LogP contribution in [-0.4, -0.2) is 35.0 Å². The van der Waals surface area contributed by atoms with E-state index in [-0.39, 0.29) is 35.0 Å². The van der Waals surface area contributed by atoms with Gasteiger partial charge in [-0.05, 0) is 35.6 Å². The zero-order valence-corrected chi connectivity index (χ0v) is 17.6. The highest BCUT2D eigenvalue weighted by Crippen LogP contribution is 2.27. The van der Waals surface area contributed by atoms with E-state index in [1.165, 1.54) is 11.1 Å². The van der Waals surface area contributed by atoms with Gasteiger partial charge in [-0.2, -0.15) is 0 Å². The van der Waals surface area contributed by atoms with Crippen molar-refractivity contribution in [3.05, 3.63) is 65.0 Å². The Morgan fingerprint density at radius 1 is 1.23 bits per heavy atom. The third-order valence-electron chi connectivity index (χ3n) is 5.32. The molecule has 1 atom stereocenters. The van der Waals surface area contributed by atoms with Crippen LogP contribution in [0.2, 0.25) is 0 Å². The maximum absolute atomic E-state index is 15.0. The summed E-state index contributed by atoms with van der Waals surface area (Å²) in [5, 5.41) is 11.2. The lowest BCUT2D eigenvalue weighted by Crippen LogP contribution is -2.56. The fraction of sp³-hybridized carbons (Fsp3) is 0.364. The van der Waals surface area contributed by atoms with Crippen molar-refractivity contribution in [2.75, 3.05) is 0 Å². The van der Waals surface area contributed by atoms with E-state index in [4.69, 9.17) is 4.65 Å². The molecule has 2 aromatic rings. The number of halogens is 1. The Bertz CT molecular complexity index is 946. The number of nitrogens with zero attached hydrogens (tertiary/aromatic N) is 1. The summed E-state index contributed by atoms with van der Waals surface area (Å²) in [6, 6.07) is 11.2. The molecule has 0 aromatic heterocycles. The number of carbonyl (C=O) groups excluding carboxylic acids is 2. The third kappa shape index (κ3) is 4.25. The zero-order chi connectivity index (χ0) is 22.1. The van der Waals surface area contributed by atoms with Gasteiger partial charge in [0.1, 0.15) is 5.82 Å². The molecule has 1 aliphatic heterocycles. The van der Waals surface area contributed by atoms with Crippen molar-refractivity contribution < 1.29 is 23.7 Å². The van der Waals surface area contributed by atoms with Crippen molar-refractivity contribution in [2.45, 2.75) is 46.8 Å². The van der Waals surface area contributed by atoms with Crippen LogP contribution in [0.15, 0.2) is 42.5 Å². The second kappa shape index (κ2) is 8.57. The summed E-state index contributed by atoms with van der Waals surface area (Å²) in [5.74, 6) is -1.98. The number of hydrazine groups is 1. The van der Waals surface area contributed by atoms with Crippen molar-refractivity contribution in [2.24, 2.45) is 5.41 Å². The molecule has 1 aliphatic rings. The summed E-state index contributed by atoms with van der Waals surface area (Å²) in [4.78, 5) is 26.2. The average Bonchev–Trinajstić information content (AvgIpc) is 3.08.